The van der Waals surface area contributed by atoms with Crippen LogP contribution in [0.3, 0.4) is 0 Å². The van der Waals surface area contributed by atoms with E-state index in [-0.39, 0.29) is 24.1 Å². The predicted molar refractivity (Wildman–Crippen MR) is 90.3 cm³/mol. The summed E-state index contributed by atoms with van der Waals surface area (Å²) in [5.74, 6) is -0.663. The Morgan fingerprint density at radius 2 is 2.16 bits per heavy atom. The van der Waals surface area contributed by atoms with Crippen molar-refractivity contribution in [2.24, 2.45) is 11.3 Å². The maximum absolute atomic E-state index is 12.7. The average molecular weight is 361 g/mol. The number of carboxylic acid groups (broad SMARTS) is 1. The first-order chi connectivity index (χ1) is 12.0. The summed E-state index contributed by atoms with van der Waals surface area (Å²) in [7, 11) is 0. The Morgan fingerprint density at radius 1 is 1.36 bits per heavy atom. The van der Waals surface area contributed by atoms with Gasteiger partial charge in [-0.1, -0.05) is 35.3 Å². The number of nitrogens with zero attached hydrogens (tertiary/aromatic N) is 2. The fourth-order valence-corrected chi connectivity index (χ4v) is 4.35. The first kappa shape index (κ1) is 16.1. The normalized spacial score (nSPS) is 25.2. The molecule has 130 valence electrons. The molecule has 0 radical (unpaired) electrons. The van der Waals surface area contributed by atoms with Crippen LogP contribution in [-0.4, -0.2) is 40.1 Å². The molecule has 6 nitrogen and oxygen atoms in total. The zero-order valence-electron chi connectivity index (χ0n) is 13.4. The molecule has 2 aromatic rings. The minimum atomic E-state index is -0.804. The van der Waals surface area contributed by atoms with E-state index < -0.39 is 11.4 Å². The minimum Gasteiger partial charge on any atom is -0.481 e. The highest BCUT2D eigenvalue weighted by atomic mass is 35.5. The molecule has 1 saturated heterocycles. The van der Waals surface area contributed by atoms with Gasteiger partial charge in [0.1, 0.15) is 0 Å². The van der Waals surface area contributed by atoms with Crippen LogP contribution in [0.25, 0.3) is 11.3 Å². The lowest BCUT2D eigenvalue weighted by atomic mass is 9.81. The van der Waals surface area contributed by atoms with Crippen molar-refractivity contribution in [1.82, 2.24) is 10.1 Å². The van der Waals surface area contributed by atoms with E-state index >= 15 is 0 Å². The van der Waals surface area contributed by atoms with Gasteiger partial charge in [-0.05, 0) is 30.9 Å². The maximum Gasteiger partial charge on any atom is 0.311 e. The van der Waals surface area contributed by atoms with Crippen LogP contribution < -0.4 is 0 Å². The molecule has 4 rings (SSSR count). The van der Waals surface area contributed by atoms with Gasteiger partial charge in [0.25, 0.3) is 5.91 Å². The highest BCUT2D eigenvalue weighted by molar-refractivity contribution is 6.33. The smallest absolute Gasteiger partial charge is 0.311 e. The van der Waals surface area contributed by atoms with Crippen LogP contribution in [0.2, 0.25) is 5.02 Å². The summed E-state index contributed by atoms with van der Waals surface area (Å²) in [6, 6.07) is 8.72. The van der Waals surface area contributed by atoms with E-state index in [0.29, 0.717) is 29.3 Å². The monoisotopic (exact) mass is 360 g/mol. The van der Waals surface area contributed by atoms with Gasteiger partial charge in [0.15, 0.2) is 11.5 Å². The number of likely N-dealkylation sites (tertiary alicyclic amines) is 1. The highest BCUT2D eigenvalue weighted by Gasteiger charge is 2.56. The number of halogens is 1. The van der Waals surface area contributed by atoms with Crippen molar-refractivity contribution in [2.75, 3.05) is 13.1 Å². The number of rotatable bonds is 3. The molecule has 2 atom stereocenters. The topological polar surface area (TPSA) is 83.6 Å². The Kier molecular flexibility index (Phi) is 3.80. The lowest BCUT2D eigenvalue weighted by Crippen LogP contribution is -2.37. The molecule has 1 aromatic heterocycles. The van der Waals surface area contributed by atoms with Gasteiger partial charge in [0.2, 0.25) is 0 Å². The fraction of sp³-hybridized carbons (Fsp3) is 0.389. The van der Waals surface area contributed by atoms with Gasteiger partial charge in [-0.15, -0.1) is 0 Å². The van der Waals surface area contributed by atoms with Crippen molar-refractivity contribution in [2.45, 2.75) is 19.3 Å². The maximum atomic E-state index is 12.7. The van der Waals surface area contributed by atoms with Crippen LogP contribution in [-0.2, 0) is 4.79 Å². The number of carbonyl (C=O) groups is 2. The first-order valence-corrected chi connectivity index (χ1v) is 8.63. The zero-order chi connectivity index (χ0) is 17.6. The molecule has 1 saturated carbocycles. The second-order valence-corrected chi connectivity index (χ2v) is 7.20. The summed E-state index contributed by atoms with van der Waals surface area (Å²) in [5, 5.41) is 14.0. The zero-order valence-corrected chi connectivity index (χ0v) is 14.2. The number of benzene rings is 1. The largest absolute Gasteiger partial charge is 0.481 e. The summed E-state index contributed by atoms with van der Waals surface area (Å²) < 4.78 is 5.28. The third-order valence-corrected chi connectivity index (χ3v) is 5.78. The summed E-state index contributed by atoms with van der Waals surface area (Å²) in [5.41, 5.74) is 0.0387. The van der Waals surface area contributed by atoms with E-state index in [9.17, 15) is 14.7 Å². The Morgan fingerprint density at radius 3 is 2.88 bits per heavy atom. The lowest BCUT2D eigenvalue weighted by molar-refractivity contribution is -0.149. The van der Waals surface area contributed by atoms with Gasteiger partial charge in [0.05, 0.1) is 10.4 Å². The van der Waals surface area contributed by atoms with Crippen LogP contribution >= 0.6 is 11.6 Å². The van der Waals surface area contributed by atoms with Crippen molar-refractivity contribution in [3.63, 3.8) is 0 Å². The van der Waals surface area contributed by atoms with E-state index in [1.54, 1.807) is 23.1 Å². The van der Waals surface area contributed by atoms with Crippen LogP contribution in [0.15, 0.2) is 34.9 Å². The average Bonchev–Trinajstić information content (AvgIpc) is 3.28. The Balaban J connectivity index is 1.57. The summed E-state index contributed by atoms with van der Waals surface area (Å²) in [6.45, 7) is 0.694. The van der Waals surface area contributed by atoms with Crippen molar-refractivity contribution in [3.05, 3.63) is 41.0 Å². The van der Waals surface area contributed by atoms with Gasteiger partial charge in [-0.25, -0.2) is 0 Å². The summed E-state index contributed by atoms with van der Waals surface area (Å²) >= 11 is 6.14. The molecule has 2 fully saturated rings. The number of fused-ring (bicyclic) bond motifs is 1. The second kappa shape index (κ2) is 5.88. The number of aliphatic carboxylic acids is 1. The van der Waals surface area contributed by atoms with E-state index in [2.05, 4.69) is 5.16 Å². The minimum absolute atomic E-state index is 0.0175. The van der Waals surface area contributed by atoms with Gasteiger partial charge < -0.3 is 14.5 Å². The number of aromatic nitrogens is 1. The number of carbonyl (C=O) groups excluding carboxylic acids is 1. The van der Waals surface area contributed by atoms with Crippen molar-refractivity contribution in [1.29, 1.82) is 0 Å². The van der Waals surface area contributed by atoms with Crippen molar-refractivity contribution in [3.8, 4) is 11.3 Å². The molecular formula is C18H17ClN2O4. The molecule has 1 N–H and O–H groups in total. The molecular weight excluding hydrogens is 344 g/mol. The fourth-order valence-electron chi connectivity index (χ4n) is 4.12. The standard InChI is InChI=1S/C18H17ClN2O4/c19-13-6-2-1-5-12(13)15-8-14(20-25-15)16(22)21-9-11-4-3-7-18(11,10-21)17(23)24/h1-2,5-6,8,11H,3-4,7,9-10H2,(H,23,24)/t11-,18+/m0/s1. The second-order valence-electron chi connectivity index (χ2n) is 6.79. The Labute approximate surface area is 149 Å². The number of carboxylic acids is 1. The third-order valence-electron chi connectivity index (χ3n) is 5.45. The number of hydrogen-bond donors (Lipinski definition) is 1. The SMILES string of the molecule is O=C(c1cc(-c2ccccc2Cl)on1)N1C[C@@H]2CCC[C@@]2(C(=O)O)C1. The molecule has 1 aromatic carbocycles. The van der Waals surface area contributed by atoms with Gasteiger partial charge in [0, 0.05) is 24.7 Å². The molecule has 1 aliphatic carbocycles. The highest BCUT2D eigenvalue weighted by Crippen LogP contribution is 2.49. The van der Waals surface area contributed by atoms with Crippen LogP contribution in [0.1, 0.15) is 29.8 Å². The van der Waals surface area contributed by atoms with Crippen LogP contribution in [0, 0.1) is 11.3 Å². The molecule has 25 heavy (non-hydrogen) atoms. The first-order valence-electron chi connectivity index (χ1n) is 8.25. The molecule has 2 heterocycles. The van der Waals surface area contributed by atoms with Crippen LogP contribution in [0.5, 0.6) is 0 Å². The molecule has 7 heteroatoms. The molecule has 1 amide bonds. The molecule has 1 aliphatic heterocycles. The van der Waals surface area contributed by atoms with Gasteiger partial charge in [-0.3, -0.25) is 9.59 Å². The quantitative estimate of drug-likeness (QED) is 0.907. The number of amides is 1. The van der Waals surface area contributed by atoms with E-state index in [1.165, 1.54) is 0 Å². The predicted octanol–water partition coefficient (Wildman–Crippen LogP) is 3.32. The summed E-state index contributed by atoms with van der Waals surface area (Å²) in [6.07, 6.45) is 2.37. The Bertz CT molecular complexity index is 849. The summed E-state index contributed by atoms with van der Waals surface area (Å²) in [4.78, 5) is 26.1. The van der Waals surface area contributed by atoms with E-state index in [1.807, 2.05) is 12.1 Å². The lowest BCUT2D eigenvalue weighted by Gasteiger charge is -2.22. The Hall–Kier alpha value is -2.34. The number of hydrogen-bond acceptors (Lipinski definition) is 4. The molecule has 0 bridgehead atoms. The van der Waals surface area contributed by atoms with Gasteiger partial charge >= 0.3 is 5.97 Å². The molecule has 0 spiro atoms. The van der Waals surface area contributed by atoms with Crippen LogP contribution in [0.4, 0.5) is 0 Å². The van der Waals surface area contributed by atoms with Crippen molar-refractivity contribution < 1.29 is 19.2 Å². The van der Waals surface area contributed by atoms with E-state index in [0.717, 1.165) is 12.8 Å². The van der Waals surface area contributed by atoms with E-state index in [4.69, 9.17) is 16.1 Å². The third kappa shape index (κ3) is 2.52. The van der Waals surface area contributed by atoms with Gasteiger partial charge in [-0.2, -0.15) is 0 Å². The van der Waals surface area contributed by atoms with Crippen molar-refractivity contribution >= 4 is 23.5 Å². The molecule has 2 aliphatic rings. The molecule has 0 unspecified atom stereocenters.